The number of hydrogen-bond acceptors (Lipinski definition) is 3. The number of rotatable bonds is 5. The molecule has 0 N–H and O–H groups in total. The van der Waals surface area contributed by atoms with Crippen LogP contribution in [-0.4, -0.2) is 48.7 Å². The molecule has 0 saturated carbocycles. The number of sulfonamides is 1. The van der Waals surface area contributed by atoms with Crippen molar-refractivity contribution in [1.82, 2.24) is 9.21 Å². The molecule has 2 rings (SSSR count). The summed E-state index contributed by atoms with van der Waals surface area (Å²) in [5, 5.41) is 0. The molecule has 1 amide bonds. The van der Waals surface area contributed by atoms with Crippen molar-refractivity contribution >= 4 is 15.9 Å². The lowest BCUT2D eigenvalue weighted by Gasteiger charge is -2.37. The van der Waals surface area contributed by atoms with Crippen molar-refractivity contribution in [2.75, 3.05) is 13.1 Å². The number of nitrogens with zero attached hydrogens (tertiary/aromatic N) is 2. The summed E-state index contributed by atoms with van der Waals surface area (Å²) in [6, 6.07) is 7.49. The Hall–Kier alpha value is -1.40. The third kappa shape index (κ3) is 4.95. The largest absolute Gasteiger partial charge is 0.338 e. The van der Waals surface area contributed by atoms with Gasteiger partial charge in [0.15, 0.2) is 0 Å². The maximum atomic E-state index is 13.0. The average Bonchev–Trinajstić information content (AvgIpc) is 2.60. The molecular weight excluding hydrogens is 372 g/mol. The first-order valence-electron chi connectivity index (χ1n) is 10.3. The van der Waals surface area contributed by atoms with Crippen LogP contribution < -0.4 is 0 Å². The van der Waals surface area contributed by atoms with Gasteiger partial charge >= 0.3 is 0 Å². The van der Waals surface area contributed by atoms with Crippen molar-refractivity contribution < 1.29 is 13.2 Å². The van der Waals surface area contributed by atoms with E-state index < -0.39 is 10.0 Å². The molecule has 0 atom stereocenters. The van der Waals surface area contributed by atoms with Gasteiger partial charge in [0.2, 0.25) is 15.9 Å². The van der Waals surface area contributed by atoms with Crippen molar-refractivity contribution in [1.29, 1.82) is 0 Å². The number of carbonyl (C=O) groups is 1. The van der Waals surface area contributed by atoms with E-state index in [0.29, 0.717) is 30.8 Å². The molecule has 1 aliphatic heterocycles. The third-order valence-corrected chi connectivity index (χ3v) is 7.44. The van der Waals surface area contributed by atoms with Gasteiger partial charge in [-0.05, 0) is 63.6 Å². The standard InChI is InChI=1S/C22H36N2O3S/c1-16(2)24(17(3)4)21(25)18-12-14-23(15-13-18)28(26,27)20-10-8-19(9-11-20)22(5,6)7/h8-11,16-18H,12-15H2,1-7H3. The van der Waals surface area contributed by atoms with Gasteiger partial charge < -0.3 is 4.90 Å². The number of piperidine rings is 1. The fourth-order valence-electron chi connectivity index (χ4n) is 3.94. The van der Waals surface area contributed by atoms with Gasteiger partial charge in [0.25, 0.3) is 0 Å². The van der Waals surface area contributed by atoms with Crippen LogP contribution in [0.3, 0.4) is 0 Å². The summed E-state index contributed by atoms with van der Waals surface area (Å²) in [5.41, 5.74) is 1.10. The maximum Gasteiger partial charge on any atom is 0.243 e. The van der Waals surface area contributed by atoms with E-state index in [0.717, 1.165) is 5.56 Å². The molecule has 0 aliphatic carbocycles. The van der Waals surface area contributed by atoms with Crippen LogP contribution in [-0.2, 0) is 20.2 Å². The first kappa shape index (κ1) is 22.9. The van der Waals surface area contributed by atoms with Crippen LogP contribution in [0.5, 0.6) is 0 Å². The first-order valence-corrected chi connectivity index (χ1v) is 11.7. The lowest BCUT2D eigenvalue weighted by atomic mass is 9.87. The summed E-state index contributed by atoms with van der Waals surface area (Å²) in [6.45, 7) is 15.2. The van der Waals surface area contributed by atoms with Gasteiger partial charge in [-0.25, -0.2) is 8.42 Å². The van der Waals surface area contributed by atoms with Gasteiger partial charge in [-0.2, -0.15) is 4.31 Å². The molecule has 1 fully saturated rings. The quantitative estimate of drug-likeness (QED) is 0.739. The van der Waals surface area contributed by atoms with Gasteiger partial charge in [0.05, 0.1) is 4.90 Å². The van der Waals surface area contributed by atoms with E-state index in [9.17, 15) is 13.2 Å². The van der Waals surface area contributed by atoms with E-state index >= 15 is 0 Å². The van der Waals surface area contributed by atoms with Crippen LogP contribution in [0.2, 0.25) is 0 Å². The molecular formula is C22H36N2O3S. The second kappa shape index (κ2) is 8.54. The highest BCUT2D eigenvalue weighted by atomic mass is 32.2. The number of carbonyl (C=O) groups excluding carboxylic acids is 1. The lowest BCUT2D eigenvalue weighted by molar-refractivity contribution is -0.140. The fraction of sp³-hybridized carbons (Fsp3) is 0.682. The Balaban J connectivity index is 2.08. The summed E-state index contributed by atoms with van der Waals surface area (Å²) >= 11 is 0. The first-order chi connectivity index (χ1) is 12.9. The molecule has 158 valence electrons. The fourth-order valence-corrected chi connectivity index (χ4v) is 5.40. The average molecular weight is 409 g/mol. The highest BCUT2D eigenvalue weighted by Crippen LogP contribution is 2.28. The van der Waals surface area contributed by atoms with E-state index in [1.165, 1.54) is 4.31 Å². The van der Waals surface area contributed by atoms with Gasteiger partial charge in [-0.15, -0.1) is 0 Å². The van der Waals surface area contributed by atoms with Crippen molar-refractivity contribution in [3.63, 3.8) is 0 Å². The second-order valence-electron chi connectivity index (χ2n) is 9.39. The van der Waals surface area contributed by atoms with Crippen molar-refractivity contribution in [2.24, 2.45) is 5.92 Å². The minimum atomic E-state index is -3.52. The summed E-state index contributed by atoms with van der Waals surface area (Å²) in [4.78, 5) is 15.1. The number of benzene rings is 1. The lowest BCUT2D eigenvalue weighted by Crippen LogP contribution is -2.48. The van der Waals surface area contributed by atoms with Crippen LogP contribution in [0.1, 0.15) is 66.9 Å². The summed E-state index contributed by atoms with van der Waals surface area (Å²) in [5.74, 6) is 0.0519. The van der Waals surface area contributed by atoms with Crippen molar-refractivity contribution in [2.45, 2.75) is 83.7 Å². The molecule has 0 spiro atoms. The third-order valence-electron chi connectivity index (χ3n) is 5.53. The molecule has 6 heteroatoms. The van der Waals surface area contributed by atoms with Crippen LogP contribution in [0.15, 0.2) is 29.2 Å². The monoisotopic (exact) mass is 408 g/mol. The molecule has 5 nitrogen and oxygen atoms in total. The predicted molar refractivity (Wildman–Crippen MR) is 114 cm³/mol. The van der Waals surface area contributed by atoms with Crippen LogP contribution >= 0.6 is 0 Å². The van der Waals surface area contributed by atoms with Crippen molar-refractivity contribution in [3.8, 4) is 0 Å². The molecule has 0 radical (unpaired) electrons. The molecule has 1 aromatic carbocycles. The van der Waals surface area contributed by atoms with Crippen LogP contribution in [0.25, 0.3) is 0 Å². The zero-order chi connectivity index (χ0) is 21.3. The smallest absolute Gasteiger partial charge is 0.243 e. The molecule has 1 saturated heterocycles. The summed E-state index contributed by atoms with van der Waals surface area (Å²) < 4.78 is 27.5. The molecule has 1 heterocycles. The Labute approximate surface area is 171 Å². The van der Waals surface area contributed by atoms with Crippen LogP contribution in [0, 0.1) is 5.92 Å². The van der Waals surface area contributed by atoms with Crippen LogP contribution in [0.4, 0.5) is 0 Å². The minimum absolute atomic E-state index is 0.0142. The Morgan fingerprint density at radius 3 is 1.86 bits per heavy atom. The van der Waals surface area contributed by atoms with Gasteiger partial charge in [0.1, 0.15) is 0 Å². The van der Waals surface area contributed by atoms with E-state index in [1.54, 1.807) is 12.1 Å². The Morgan fingerprint density at radius 2 is 1.46 bits per heavy atom. The van der Waals surface area contributed by atoms with E-state index in [2.05, 4.69) is 20.8 Å². The predicted octanol–water partition coefficient (Wildman–Crippen LogP) is 4.03. The number of hydrogen-bond donors (Lipinski definition) is 0. The summed E-state index contributed by atoms with van der Waals surface area (Å²) in [6.07, 6.45) is 1.15. The normalized spacial score (nSPS) is 17.3. The molecule has 0 aromatic heterocycles. The van der Waals surface area contributed by atoms with E-state index in [1.807, 2.05) is 44.7 Å². The Bertz CT molecular complexity index is 761. The Morgan fingerprint density at radius 1 is 1.00 bits per heavy atom. The molecule has 1 aliphatic rings. The van der Waals surface area contributed by atoms with Gasteiger partial charge in [-0.3, -0.25) is 4.79 Å². The zero-order valence-corrected chi connectivity index (χ0v) is 19.2. The number of amides is 1. The van der Waals surface area contributed by atoms with Gasteiger partial charge in [-0.1, -0.05) is 32.9 Å². The highest BCUT2D eigenvalue weighted by Gasteiger charge is 2.35. The topological polar surface area (TPSA) is 57.7 Å². The van der Waals surface area contributed by atoms with E-state index in [4.69, 9.17) is 0 Å². The highest BCUT2D eigenvalue weighted by molar-refractivity contribution is 7.89. The molecule has 1 aromatic rings. The molecule has 28 heavy (non-hydrogen) atoms. The SMILES string of the molecule is CC(C)N(C(=O)C1CCN(S(=O)(=O)c2ccc(C(C)(C)C)cc2)CC1)C(C)C. The zero-order valence-electron chi connectivity index (χ0n) is 18.4. The Kier molecular flexibility index (Phi) is 6.98. The molecule has 0 bridgehead atoms. The van der Waals surface area contributed by atoms with Crippen molar-refractivity contribution in [3.05, 3.63) is 29.8 Å². The maximum absolute atomic E-state index is 13.0. The summed E-state index contributed by atoms with van der Waals surface area (Å²) in [7, 11) is -3.52. The molecule has 0 unspecified atom stereocenters. The van der Waals surface area contributed by atoms with Gasteiger partial charge in [0, 0.05) is 31.1 Å². The minimum Gasteiger partial charge on any atom is -0.338 e. The van der Waals surface area contributed by atoms with E-state index in [-0.39, 0.29) is 29.3 Å². The second-order valence-corrected chi connectivity index (χ2v) is 11.3.